The Morgan fingerprint density at radius 1 is 1.39 bits per heavy atom. The summed E-state index contributed by atoms with van der Waals surface area (Å²) in [6.07, 6.45) is 4.97. The highest BCUT2D eigenvalue weighted by Gasteiger charge is 2.26. The van der Waals surface area contributed by atoms with Crippen molar-refractivity contribution in [1.82, 2.24) is 14.5 Å². The normalized spacial score (nSPS) is 13.3. The summed E-state index contributed by atoms with van der Waals surface area (Å²) in [6, 6.07) is 6.16. The first kappa shape index (κ1) is 14.2. The Bertz CT molecular complexity index is 933. The number of benzene rings is 1. The van der Waals surface area contributed by atoms with Gasteiger partial charge in [0.25, 0.3) is 0 Å². The molecular formula is C17H14ClN3O2. The second-order valence-electron chi connectivity index (χ2n) is 5.51. The van der Waals surface area contributed by atoms with E-state index in [1.165, 1.54) is 25.2 Å². The molecule has 0 aliphatic carbocycles. The summed E-state index contributed by atoms with van der Waals surface area (Å²) in [5, 5.41) is 1.62. The quantitative estimate of drug-likeness (QED) is 0.676. The van der Waals surface area contributed by atoms with E-state index in [0.717, 1.165) is 35.9 Å². The summed E-state index contributed by atoms with van der Waals surface area (Å²) in [7, 11) is 1.34. The van der Waals surface area contributed by atoms with Gasteiger partial charge in [0, 0.05) is 23.7 Å². The zero-order chi connectivity index (χ0) is 16.0. The molecule has 0 saturated carbocycles. The van der Waals surface area contributed by atoms with Gasteiger partial charge >= 0.3 is 5.97 Å². The number of hydrogen-bond acceptors (Lipinski definition) is 4. The van der Waals surface area contributed by atoms with Crippen LogP contribution in [0.2, 0.25) is 5.15 Å². The van der Waals surface area contributed by atoms with Crippen molar-refractivity contribution in [1.29, 1.82) is 0 Å². The molecule has 0 N–H and O–H groups in total. The van der Waals surface area contributed by atoms with Gasteiger partial charge in [-0.3, -0.25) is 0 Å². The standard InChI is InChI=1S/C17H14ClN3O2/c1-23-17(22)12-8-19-9-20-14(12)13-11-6-2-4-10-5-3-7-21(15(10)11)16(13)18/h2,4,6,8-9H,3,5,7H2,1H3. The van der Waals surface area contributed by atoms with Crippen molar-refractivity contribution >= 4 is 28.5 Å². The molecule has 6 heteroatoms. The van der Waals surface area contributed by atoms with Gasteiger partial charge in [0.15, 0.2) is 0 Å². The molecule has 0 radical (unpaired) electrons. The molecule has 0 spiro atoms. The fourth-order valence-electron chi connectivity index (χ4n) is 3.31. The average Bonchev–Trinajstić information content (AvgIpc) is 2.89. The van der Waals surface area contributed by atoms with Gasteiger partial charge in [-0.1, -0.05) is 29.8 Å². The lowest BCUT2D eigenvalue weighted by molar-refractivity contribution is 0.0600. The summed E-state index contributed by atoms with van der Waals surface area (Å²) in [5.41, 5.74) is 4.01. The number of methoxy groups -OCH3 is 1. The number of esters is 1. The van der Waals surface area contributed by atoms with Crippen LogP contribution in [0.25, 0.3) is 22.2 Å². The van der Waals surface area contributed by atoms with Gasteiger partial charge in [0.1, 0.15) is 17.0 Å². The molecular weight excluding hydrogens is 314 g/mol. The molecule has 2 aromatic heterocycles. The van der Waals surface area contributed by atoms with Crippen LogP contribution in [0.5, 0.6) is 0 Å². The Hall–Kier alpha value is -2.40. The molecule has 0 saturated heterocycles. The zero-order valence-corrected chi connectivity index (χ0v) is 13.3. The van der Waals surface area contributed by atoms with E-state index in [1.807, 2.05) is 12.1 Å². The fourth-order valence-corrected chi connectivity index (χ4v) is 3.67. The topological polar surface area (TPSA) is 57.0 Å². The molecule has 1 aliphatic heterocycles. The number of halogens is 1. The molecule has 0 atom stereocenters. The van der Waals surface area contributed by atoms with E-state index in [4.69, 9.17) is 16.3 Å². The number of para-hydroxylation sites is 1. The van der Waals surface area contributed by atoms with Crippen LogP contribution in [-0.2, 0) is 17.7 Å². The average molecular weight is 328 g/mol. The van der Waals surface area contributed by atoms with E-state index in [-0.39, 0.29) is 0 Å². The van der Waals surface area contributed by atoms with E-state index in [2.05, 4.69) is 20.6 Å². The van der Waals surface area contributed by atoms with Crippen molar-refractivity contribution in [2.24, 2.45) is 0 Å². The molecule has 0 unspecified atom stereocenters. The summed E-state index contributed by atoms with van der Waals surface area (Å²) in [4.78, 5) is 20.3. The minimum atomic E-state index is -0.469. The molecule has 3 aromatic rings. The van der Waals surface area contributed by atoms with Gasteiger partial charge in [-0.25, -0.2) is 14.8 Å². The third-order valence-electron chi connectivity index (χ3n) is 4.28. The number of hydrogen-bond donors (Lipinski definition) is 0. The van der Waals surface area contributed by atoms with E-state index in [0.29, 0.717) is 16.4 Å². The molecule has 0 fully saturated rings. The van der Waals surface area contributed by atoms with Crippen LogP contribution in [0.15, 0.2) is 30.7 Å². The molecule has 0 amide bonds. The fraction of sp³-hybridized carbons (Fsp3) is 0.235. The lowest BCUT2D eigenvalue weighted by Gasteiger charge is -2.15. The van der Waals surface area contributed by atoms with Crippen LogP contribution in [-0.4, -0.2) is 27.6 Å². The van der Waals surface area contributed by atoms with Gasteiger partial charge in [0.2, 0.25) is 0 Å². The number of carbonyl (C=O) groups excluding carboxylic acids is 1. The van der Waals surface area contributed by atoms with Crippen molar-refractivity contribution in [2.75, 3.05) is 7.11 Å². The van der Waals surface area contributed by atoms with Crippen molar-refractivity contribution in [3.63, 3.8) is 0 Å². The van der Waals surface area contributed by atoms with Gasteiger partial charge in [0.05, 0.1) is 18.3 Å². The lowest BCUT2D eigenvalue weighted by atomic mass is 10.0. The lowest BCUT2D eigenvalue weighted by Crippen LogP contribution is -2.07. The summed E-state index contributed by atoms with van der Waals surface area (Å²) < 4.78 is 6.96. The molecule has 1 aliphatic rings. The molecule has 3 heterocycles. The molecule has 1 aromatic carbocycles. The largest absolute Gasteiger partial charge is 0.465 e. The number of nitrogens with zero attached hydrogens (tertiary/aromatic N) is 3. The summed E-state index contributed by atoms with van der Waals surface area (Å²) in [5.74, 6) is -0.469. The van der Waals surface area contributed by atoms with Gasteiger partial charge in [-0.2, -0.15) is 0 Å². The Labute approximate surface area is 137 Å². The highest BCUT2D eigenvalue weighted by Crippen LogP contribution is 2.41. The Morgan fingerprint density at radius 3 is 3.09 bits per heavy atom. The number of aryl methyl sites for hydroxylation is 2. The monoisotopic (exact) mass is 327 g/mol. The Morgan fingerprint density at radius 2 is 2.26 bits per heavy atom. The molecule has 4 rings (SSSR count). The van der Waals surface area contributed by atoms with Crippen LogP contribution in [0.4, 0.5) is 0 Å². The smallest absolute Gasteiger partial charge is 0.341 e. The maximum absolute atomic E-state index is 12.1. The van der Waals surface area contributed by atoms with Gasteiger partial charge < -0.3 is 9.30 Å². The predicted molar refractivity (Wildman–Crippen MR) is 87.6 cm³/mol. The Kier molecular flexibility index (Phi) is 3.31. The van der Waals surface area contributed by atoms with Crippen molar-refractivity contribution < 1.29 is 9.53 Å². The van der Waals surface area contributed by atoms with Crippen LogP contribution >= 0.6 is 11.6 Å². The minimum Gasteiger partial charge on any atom is -0.465 e. The second-order valence-corrected chi connectivity index (χ2v) is 5.87. The molecule has 0 bridgehead atoms. The van der Waals surface area contributed by atoms with Crippen LogP contribution in [0.1, 0.15) is 22.3 Å². The maximum Gasteiger partial charge on any atom is 0.341 e. The summed E-state index contributed by atoms with van der Waals surface area (Å²) >= 11 is 6.66. The van der Waals surface area contributed by atoms with Gasteiger partial charge in [-0.15, -0.1) is 0 Å². The van der Waals surface area contributed by atoms with Crippen molar-refractivity contribution in [3.05, 3.63) is 47.0 Å². The second kappa shape index (κ2) is 5.35. The summed E-state index contributed by atoms with van der Waals surface area (Å²) in [6.45, 7) is 0.866. The number of rotatable bonds is 2. The predicted octanol–water partition coefficient (Wildman–Crippen LogP) is 3.48. The van der Waals surface area contributed by atoms with E-state index in [1.54, 1.807) is 0 Å². The first-order chi connectivity index (χ1) is 11.2. The first-order valence-electron chi connectivity index (χ1n) is 7.40. The van der Waals surface area contributed by atoms with Crippen molar-refractivity contribution in [2.45, 2.75) is 19.4 Å². The Balaban J connectivity index is 2.08. The first-order valence-corrected chi connectivity index (χ1v) is 7.78. The van der Waals surface area contributed by atoms with E-state index >= 15 is 0 Å². The number of carbonyl (C=O) groups is 1. The van der Waals surface area contributed by atoms with Crippen LogP contribution in [0, 0.1) is 0 Å². The van der Waals surface area contributed by atoms with E-state index < -0.39 is 5.97 Å². The third-order valence-corrected chi connectivity index (χ3v) is 4.68. The highest BCUT2D eigenvalue weighted by atomic mass is 35.5. The molecule has 5 nitrogen and oxygen atoms in total. The number of ether oxygens (including phenoxy) is 1. The van der Waals surface area contributed by atoms with Crippen LogP contribution in [0.3, 0.4) is 0 Å². The van der Waals surface area contributed by atoms with Crippen LogP contribution < -0.4 is 0 Å². The number of aromatic nitrogens is 3. The maximum atomic E-state index is 12.1. The van der Waals surface area contributed by atoms with Crippen molar-refractivity contribution in [3.8, 4) is 11.3 Å². The minimum absolute atomic E-state index is 0.320. The molecule has 23 heavy (non-hydrogen) atoms. The highest BCUT2D eigenvalue weighted by molar-refractivity contribution is 6.35. The van der Waals surface area contributed by atoms with E-state index in [9.17, 15) is 4.79 Å². The van der Waals surface area contributed by atoms with Gasteiger partial charge in [-0.05, 0) is 18.4 Å². The SMILES string of the molecule is COC(=O)c1cncnc1-c1c(Cl)n2c3c(cccc13)CCC2. The zero-order valence-electron chi connectivity index (χ0n) is 12.5. The third kappa shape index (κ3) is 2.04. The molecule has 116 valence electrons.